The van der Waals surface area contributed by atoms with Crippen LogP contribution >= 0.6 is 0 Å². The van der Waals surface area contributed by atoms with Crippen LogP contribution in [0, 0.1) is 0 Å². The molecule has 2 unspecified atom stereocenters. The van der Waals surface area contributed by atoms with Crippen molar-refractivity contribution in [3.8, 4) is 0 Å². The molecule has 0 aromatic carbocycles. The van der Waals surface area contributed by atoms with Gasteiger partial charge in [-0.25, -0.2) is 4.98 Å². The molecule has 1 aliphatic rings. The van der Waals surface area contributed by atoms with Crippen LogP contribution in [-0.2, 0) is 4.74 Å². The Hall–Kier alpha value is -1.03. The number of nitrogens with one attached hydrogen (secondary N) is 1. The Labute approximate surface area is 77.9 Å². The molecule has 0 saturated carbocycles. The molecule has 2 rings (SSSR count). The second-order valence-electron chi connectivity index (χ2n) is 3.56. The Morgan fingerprint density at radius 2 is 2.54 bits per heavy atom. The van der Waals surface area contributed by atoms with Gasteiger partial charge in [-0.15, -0.1) is 0 Å². The number of H-pyrrole nitrogens is 1. The third-order valence-corrected chi connectivity index (χ3v) is 2.54. The highest BCUT2D eigenvalue weighted by Crippen LogP contribution is 2.19. The van der Waals surface area contributed by atoms with Gasteiger partial charge in [0.25, 0.3) is 0 Å². The molecule has 1 saturated heterocycles. The number of likely N-dealkylation sites (N-methyl/N-ethyl adjacent to an activating group) is 1. The number of ether oxygens (including phenoxy) is 1. The number of rotatable bonds is 2. The molecule has 4 heteroatoms. The summed E-state index contributed by atoms with van der Waals surface area (Å²) in [5.74, 6) is 0.919. The van der Waals surface area contributed by atoms with Gasteiger partial charge in [-0.05, 0) is 13.3 Å². The van der Waals surface area contributed by atoms with E-state index in [-0.39, 0.29) is 0 Å². The average Bonchev–Trinajstić information content (AvgIpc) is 2.72. The van der Waals surface area contributed by atoms with Gasteiger partial charge in [0.15, 0.2) is 0 Å². The van der Waals surface area contributed by atoms with Crippen molar-refractivity contribution >= 4 is 5.95 Å². The lowest BCUT2D eigenvalue weighted by Crippen LogP contribution is -2.32. The van der Waals surface area contributed by atoms with Gasteiger partial charge >= 0.3 is 0 Å². The van der Waals surface area contributed by atoms with E-state index in [2.05, 4.69) is 21.8 Å². The number of imidazole rings is 1. The van der Waals surface area contributed by atoms with Crippen molar-refractivity contribution in [1.29, 1.82) is 0 Å². The molecule has 1 aliphatic heterocycles. The van der Waals surface area contributed by atoms with Gasteiger partial charge in [0.05, 0.1) is 18.8 Å². The summed E-state index contributed by atoms with van der Waals surface area (Å²) in [5.41, 5.74) is 0. The van der Waals surface area contributed by atoms with Crippen LogP contribution in [0.4, 0.5) is 5.95 Å². The maximum absolute atomic E-state index is 5.50. The zero-order valence-electron chi connectivity index (χ0n) is 8.03. The molecule has 0 amide bonds. The Balaban J connectivity index is 2.02. The van der Waals surface area contributed by atoms with Crippen LogP contribution in [0.15, 0.2) is 12.4 Å². The molecule has 1 N–H and O–H groups in total. The maximum Gasteiger partial charge on any atom is 0.202 e. The highest BCUT2D eigenvalue weighted by Gasteiger charge is 2.26. The lowest BCUT2D eigenvalue weighted by molar-refractivity contribution is 0.123. The fourth-order valence-corrected chi connectivity index (χ4v) is 1.69. The van der Waals surface area contributed by atoms with Gasteiger partial charge in [-0.3, -0.25) is 0 Å². The van der Waals surface area contributed by atoms with E-state index in [0.717, 1.165) is 19.0 Å². The Kier molecular flexibility index (Phi) is 2.22. The Morgan fingerprint density at radius 3 is 3.08 bits per heavy atom. The first-order valence-electron chi connectivity index (χ1n) is 4.61. The Bertz CT molecular complexity index is 260. The van der Waals surface area contributed by atoms with E-state index in [0.29, 0.717) is 12.1 Å². The van der Waals surface area contributed by atoms with Gasteiger partial charge in [-0.2, -0.15) is 0 Å². The molecule has 1 fully saturated rings. The van der Waals surface area contributed by atoms with Crippen molar-refractivity contribution in [3.63, 3.8) is 0 Å². The van der Waals surface area contributed by atoms with Gasteiger partial charge in [0.2, 0.25) is 5.95 Å². The molecule has 1 aromatic rings. The molecule has 2 atom stereocenters. The standard InChI is InChI=1S/C9H15N3O/c1-7-5-8(6-13-7)12(2)9-10-3-4-11-9/h3-4,7-8H,5-6H2,1-2H3,(H,10,11). The highest BCUT2D eigenvalue weighted by atomic mass is 16.5. The van der Waals surface area contributed by atoms with Crippen LogP contribution < -0.4 is 4.90 Å². The summed E-state index contributed by atoms with van der Waals surface area (Å²) in [7, 11) is 2.05. The fourth-order valence-electron chi connectivity index (χ4n) is 1.69. The van der Waals surface area contributed by atoms with Gasteiger partial charge in [0.1, 0.15) is 0 Å². The third kappa shape index (κ3) is 1.67. The summed E-state index contributed by atoms with van der Waals surface area (Å²) in [6, 6.07) is 0.459. The molecule has 72 valence electrons. The summed E-state index contributed by atoms with van der Waals surface area (Å²) >= 11 is 0. The number of aromatic nitrogens is 2. The minimum atomic E-state index is 0.377. The quantitative estimate of drug-likeness (QED) is 0.740. The van der Waals surface area contributed by atoms with E-state index in [1.54, 1.807) is 6.20 Å². The summed E-state index contributed by atoms with van der Waals surface area (Å²) in [5, 5.41) is 0. The fraction of sp³-hybridized carbons (Fsp3) is 0.667. The monoisotopic (exact) mass is 181 g/mol. The van der Waals surface area contributed by atoms with E-state index in [1.165, 1.54) is 0 Å². The molecule has 0 radical (unpaired) electrons. The lowest BCUT2D eigenvalue weighted by atomic mass is 10.2. The second kappa shape index (κ2) is 3.38. The van der Waals surface area contributed by atoms with Crippen LogP contribution in [0.3, 0.4) is 0 Å². The smallest absolute Gasteiger partial charge is 0.202 e. The van der Waals surface area contributed by atoms with Crippen LogP contribution in [0.2, 0.25) is 0 Å². The van der Waals surface area contributed by atoms with Crippen LogP contribution in [0.5, 0.6) is 0 Å². The minimum Gasteiger partial charge on any atom is -0.376 e. The van der Waals surface area contributed by atoms with E-state index >= 15 is 0 Å². The highest BCUT2D eigenvalue weighted by molar-refractivity contribution is 5.29. The van der Waals surface area contributed by atoms with Crippen LogP contribution in [0.25, 0.3) is 0 Å². The largest absolute Gasteiger partial charge is 0.376 e. The van der Waals surface area contributed by atoms with E-state index in [1.807, 2.05) is 13.2 Å². The van der Waals surface area contributed by atoms with Gasteiger partial charge in [0, 0.05) is 19.4 Å². The van der Waals surface area contributed by atoms with Crippen molar-refractivity contribution in [2.45, 2.75) is 25.5 Å². The van der Waals surface area contributed by atoms with Crippen molar-refractivity contribution in [2.75, 3.05) is 18.6 Å². The molecule has 1 aromatic heterocycles. The summed E-state index contributed by atoms with van der Waals surface area (Å²) < 4.78 is 5.50. The third-order valence-electron chi connectivity index (χ3n) is 2.54. The molecule has 0 spiro atoms. The predicted molar refractivity (Wildman–Crippen MR) is 50.8 cm³/mol. The normalized spacial score (nSPS) is 27.8. The first-order valence-corrected chi connectivity index (χ1v) is 4.61. The van der Waals surface area contributed by atoms with Crippen molar-refractivity contribution in [3.05, 3.63) is 12.4 Å². The van der Waals surface area contributed by atoms with E-state index in [9.17, 15) is 0 Å². The van der Waals surface area contributed by atoms with Crippen molar-refractivity contribution in [1.82, 2.24) is 9.97 Å². The second-order valence-corrected chi connectivity index (χ2v) is 3.56. The molecule has 4 nitrogen and oxygen atoms in total. The molecule has 13 heavy (non-hydrogen) atoms. The predicted octanol–water partition coefficient (Wildman–Crippen LogP) is 1.02. The average molecular weight is 181 g/mol. The Morgan fingerprint density at radius 1 is 1.69 bits per heavy atom. The number of nitrogens with zero attached hydrogens (tertiary/aromatic N) is 2. The first kappa shape index (κ1) is 8.56. The summed E-state index contributed by atoms with van der Waals surface area (Å²) in [6.07, 6.45) is 5.07. The number of hydrogen-bond acceptors (Lipinski definition) is 3. The molecule has 2 heterocycles. The maximum atomic E-state index is 5.50. The summed E-state index contributed by atoms with van der Waals surface area (Å²) in [4.78, 5) is 9.43. The molecule has 0 bridgehead atoms. The first-order chi connectivity index (χ1) is 6.27. The zero-order valence-corrected chi connectivity index (χ0v) is 8.03. The lowest BCUT2D eigenvalue weighted by Gasteiger charge is -2.22. The number of hydrogen-bond donors (Lipinski definition) is 1. The SMILES string of the molecule is CC1CC(N(C)c2ncc[nH]2)CO1. The minimum absolute atomic E-state index is 0.377. The number of anilines is 1. The molecular formula is C9H15N3O. The topological polar surface area (TPSA) is 41.2 Å². The van der Waals surface area contributed by atoms with Gasteiger partial charge < -0.3 is 14.6 Å². The van der Waals surface area contributed by atoms with Crippen LogP contribution in [-0.4, -0.2) is 35.8 Å². The van der Waals surface area contributed by atoms with Gasteiger partial charge in [-0.1, -0.05) is 0 Å². The summed E-state index contributed by atoms with van der Waals surface area (Å²) in [6.45, 7) is 2.91. The van der Waals surface area contributed by atoms with E-state index < -0.39 is 0 Å². The molecule has 0 aliphatic carbocycles. The van der Waals surface area contributed by atoms with E-state index in [4.69, 9.17) is 4.74 Å². The van der Waals surface area contributed by atoms with Crippen molar-refractivity contribution in [2.24, 2.45) is 0 Å². The number of aromatic amines is 1. The zero-order chi connectivity index (χ0) is 9.26. The van der Waals surface area contributed by atoms with Crippen LogP contribution in [0.1, 0.15) is 13.3 Å². The molecular weight excluding hydrogens is 166 g/mol. The van der Waals surface area contributed by atoms with Crippen molar-refractivity contribution < 1.29 is 4.74 Å².